The number of benzene rings is 1. The SMILES string of the molecule is CCCCCCCCCCCCN(CCCCCCCCCCCC)CCCNC(=O)c1cc(C(N)=O)cc(C(=O)N(CCCN(CCCCCCCCCCCC)CCCCCCCCCCCC)CCCN(CCCCCCCCCCCC)CCCCCCCCCCCC)c1. The summed E-state index contributed by atoms with van der Waals surface area (Å²) in [6, 6.07) is 5.03. The Morgan fingerprint density at radius 1 is 0.242 bits per heavy atom. The lowest BCUT2D eigenvalue weighted by atomic mass is 10.0. The molecular weight excluding hydrogens is 1210 g/mol. The van der Waals surface area contributed by atoms with Crippen LogP contribution < -0.4 is 11.1 Å². The molecule has 1 rings (SSSR count). The second kappa shape index (κ2) is 75.2. The molecule has 0 unspecified atom stereocenters. The van der Waals surface area contributed by atoms with Gasteiger partial charge < -0.3 is 30.7 Å². The van der Waals surface area contributed by atoms with Crippen molar-refractivity contribution >= 4 is 17.7 Å². The van der Waals surface area contributed by atoms with Crippen LogP contribution in [0.25, 0.3) is 0 Å². The van der Waals surface area contributed by atoms with Crippen LogP contribution in [0.1, 0.15) is 477 Å². The zero-order chi connectivity index (χ0) is 71.6. The molecule has 0 heterocycles. The van der Waals surface area contributed by atoms with Crippen molar-refractivity contribution in [3.63, 3.8) is 0 Å². The molecule has 0 saturated carbocycles. The molecule has 1 aromatic carbocycles. The van der Waals surface area contributed by atoms with E-state index in [-0.39, 0.29) is 17.4 Å². The van der Waals surface area contributed by atoms with Gasteiger partial charge in [0.05, 0.1) is 0 Å². The van der Waals surface area contributed by atoms with Gasteiger partial charge in [0.15, 0.2) is 0 Å². The van der Waals surface area contributed by atoms with Gasteiger partial charge in [0.25, 0.3) is 11.8 Å². The van der Waals surface area contributed by atoms with E-state index in [1.807, 2.05) is 0 Å². The molecule has 0 aromatic heterocycles. The minimum absolute atomic E-state index is 0.0892. The van der Waals surface area contributed by atoms with E-state index in [1.165, 1.54) is 385 Å². The van der Waals surface area contributed by atoms with Gasteiger partial charge in [-0.1, -0.05) is 388 Å². The van der Waals surface area contributed by atoms with Crippen molar-refractivity contribution in [3.8, 4) is 0 Å². The van der Waals surface area contributed by atoms with Crippen LogP contribution in [-0.4, -0.2) is 116 Å². The van der Waals surface area contributed by atoms with Crippen molar-refractivity contribution in [2.75, 3.05) is 78.5 Å². The first-order valence-corrected chi connectivity index (χ1v) is 44.9. The third-order valence-corrected chi connectivity index (χ3v) is 21.7. The predicted octanol–water partition coefficient (Wildman–Crippen LogP) is 26.6. The molecular formula is C90H174N6O3. The molecule has 9 heteroatoms. The fraction of sp³-hybridized carbons (Fsp3) is 0.900. The Hall–Kier alpha value is -2.49. The summed E-state index contributed by atoms with van der Waals surface area (Å²) < 4.78 is 0. The summed E-state index contributed by atoms with van der Waals surface area (Å²) in [7, 11) is 0. The molecule has 0 atom stereocenters. The van der Waals surface area contributed by atoms with Crippen molar-refractivity contribution < 1.29 is 14.4 Å². The Labute approximate surface area is 619 Å². The molecule has 0 bridgehead atoms. The third-order valence-electron chi connectivity index (χ3n) is 21.7. The van der Waals surface area contributed by atoms with E-state index >= 15 is 4.79 Å². The lowest BCUT2D eigenvalue weighted by molar-refractivity contribution is 0.0738. The van der Waals surface area contributed by atoms with Crippen LogP contribution in [-0.2, 0) is 0 Å². The molecule has 0 fully saturated rings. The molecule has 0 radical (unpaired) electrons. The highest BCUT2D eigenvalue weighted by atomic mass is 16.2. The molecule has 0 aliphatic rings. The molecule has 0 saturated heterocycles. The highest BCUT2D eigenvalue weighted by molar-refractivity contribution is 6.04. The Kier molecular flexibility index (Phi) is 71.8. The van der Waals surface area contributed by atoms with Gasteiger partial charge in [0, 0.05) is 36.3 Å². The van der Waals surface area contributed by atoms with Gasteiger partial charge in [0.2, 0.25) is 5.91 Å². The molecule has 582 valence electrons. The van der Waals surface area contributed by atoms with Crippen molar-refractivity contribution in [1.29, 1.82) is 0 Å². The van der Waals surface area contributed by atoms with E-state index in [9.17, 15) is 9.59 Å². The van der Waals surface area contributed by atoms with Crippen molar-refractivity contribution in [2.24, 2.45) is 5.73 Å². The Balaban J connectivity index is 3.37. The fourth-order valence-electron chi connectivity index (χ4n) is 15.0. The number of hydrogen-bond donors (Lipinski definition) is 2. The summed E-state index contributed by atoms with van der Waals surface area (Å²) in [6.45, 7) is 25.4. The minimum Gasteiger partial charge on any atom is -0.366 e. The number of carbonyl (C=O) groups is 3. The van der Waals surface area contributed by atoms with Crippen LogP contribution in [0.2, 0.25) is 0 Å². The van der Waals surface area contributed by atoms with E-state index in [4.69, 9.17) is 5.73 Å². The molecule has 0 spiro atoms. The maximum atomic E-state index is 15.3. The maximum absolute atomic E-state index is 15.3. The summed E-state index contributed by atoms with van der Waals surface area (Å²) in [4.78, 5) is 52.9. The number of primary amides is 1. The highest BCUT2D eigenvalue weighted by Gasteiger charge is 2.22. The summed E-state index contributed by atoms with van der Waals surface area (Å²) in [6.07, 6.45) is 83.4. The third kappa shape index (κ3) is 61.5. The second-order valence-electron chi connectivity index (χ2n) is 31.4. The van der Waals surface area contributed by atoms with Crippen LogP contribution in [0.4, 0.5) is 0 Å². The average Bonchev–Trinajstić information content (AvgIpc) is 0.829. The standard InChI is InChI=1S/C90H174N6O3/c1-7-13-19-25-31-37-43-49-55-61-71-93(72-62-56-50-44-38-32-26-20-14-8-2)77-67-70-92-89(98)86-82-85(88(91)97)83-87(84-86)90(99)96(80-68-78-94(73-63-57-51-45-39-33-27-21-15-9-3)74-64-58-52-46-40-34-28-22-16-10-4)81-69-79-95(75-65-59-53-47-41-35-29-23-17-11-5)76-66-60-54-48-42-36-30-24-18-12-6/h82-84H,7-81H2,1-6H3,(H2,91,97)(H,92,98). The zero-order valence-corrected chi connectivity index (χ0v) is 67.9. The fourth-order valence-corrected chi connectivity index (χ4v) is 15.0. The number of carbonyl (C=O) groups excluding carboxylic acids is 3. The first kappa shape index (κ1) is 94.5. The Morgan fingerprint density at radius 3 is 0.667 bits per heavy atom. The van der Waals surface area contributed by atoms with Crippen LogP contribution >= 0.6 is 0 Å². The van der Waals surface area contributed by atoms with Crippen molar-refractivity contribution in [3.05, 3.63) is 34.9 Å². The predicted molar refractivity (Wildman–Crippen MR) is 437 cm³/mol. The van der Waals surface area contributed by atoms with Crippen molar-refractivity contribution in [1.82, 2.24) is 24.9 Å². The number of nitrogens with one attached hydrogen (secondary N) is 1. The van der Waals surface area contributed by atoms with E-state index in [1.54, 1.807) is 18.2 Å². The van der Waals surface area contributed by atoms with Gasteiger partial charge in [-0.15, -0.1) is 0 Å². The Bertz CT molecular complexity index is 1730. The summed E-state index contributed by atoms with van der Waals surface area (Å²) in [5.74, 6) is -0.934. The van der Waals surface area contributed by atoms with E-state index < -0.39 is 5.91 Å². The largest absolute Gasteiger partial charge is 0.366 e. The van der Waals surface area contributed by atoms with Crippen LogP contribution in [0, 0.1) is 0 Å². The van der Waals surface area contributed by atoms with Crippen molar-refractivity contribution in [2.45, 2.75) is 446 Å². The van der Waals surface area contributed by atoms with Gasteiger partial charge in [-0.05, 0) is 135 Å². The lowest BCUT2D eigenvalue weighted by Crippen LogP contribution is -2.38. The molecule has 9 nitrogen and oxygen atoms in total. The molecule has 99 heavy (non-hydrogen) atoms. The second-order valence-corrected chi connectivity index (χ2v) is 31.4. The molecule has 0 aliphatic heterocycles. The molecule has 3 amide bonds. The minimum atomic E-state index is -0.607. The maximum Gasteiger partial charge on any atom is 0.253 e. The number of amides is 3. The van der Waals surface area contributed by atoms with Gasteiger partial charge in [-0.3, -0.25) is 14.4 Å². The number of unbranched alkanes of at least 4 members (excludes halogenated alkanes) is 54. The lowest BCUT2D eigenvalue weighted by Gasteiger charge is -2.28. The van der Waals surface area contributed by atoms with Gasteiger partial charge in [-0.25, -0.2) is 0 Å². The zero-order valence-electron chi connectivity index (χ0n) is 67.9. The van der Waals surface area contributed by atoms with E-state index in [2.05, 4.69) is 66.5 Å². The quantitative estimate of drug-likeness (QED) is 0.0630. The first-order chi connectivity index (χ1) is 48.7. The number of nitrogens with zero attached hydrogens (tertiary/aromatic N) is 4. The number of hydrogen-bond acceptors (Lipinski definition) is 6. The normalized spacial score (nSPS) is 11.8. The molecule has 0 aliphatic carbocycles. The molecule has 3 N–H and O–H groups in total. The highest BCUT2D eigenvalue weighted by Crippen LogP contribution is 2.21. The topological polar surface area (TPSA) is 102 Å². The van der Waals surface area contributed by atoms with E-state index in [0.717, 1.165) is 78.2 Å². The smallest absolute Gasteiger partial charge is 0.253 e. The van der Waals surface area contributed by atoms with Crippen LogP contribution in [0.5, 0.6) is 0 Å². The summed E-state index contributed by atoms with van der Waals surface area (Å²) >= 11 is 0. The Morgan fingerprint density at radius 2 is 0.434 bits per heavy atom. The average molecular weight is 1390 g/mol. The van der Waals surface area contributed by atoms with E-state index in [0.29, 0.717) is 30.8 Å². The first-order valence-electron chi connectivity index (χ1n) is 44.9. The summed E-state index contributed by atoms with van der Waals surface area (Å²) in [5, 5.41) is 3.23. The monoisotopic (exact) mass is 1390 g/mol. The summed E-state index contributed by atoms with van der Waals surface area (Å²) in [5.41, 5.74) is 7.05. The van der Waals surface area contributed by atoms with Crippen LogP contribution in [0.3, 0.4) is 0 Å². The molecule has 1 aromatic rings. The van der Waals surface area contributed by atoms with Gasteiger partial charge in [0.1, 0.15) is 0 Å². The number of rotatable bonds is 81. The van der Waals surface area contributed by atoms with Gasteiger partial charge >= 0.3 is 0 Å². The number of nitrogens with two attached hydrogens (primary N) is 1. The van der Waals surface area contributed by atoms with Gasteiger partial charge in [-0.2, -0.15) is 0 Å². The van der Waals surface area contributed by atoms with Crippen LogP contribution in [0.15, 0.2) is 18.2 Å².